The molecule has 3 aromatic rings. The molecule has 1 N–H and O–H groups in total. The van der Waals surface area contributed by atoms with Gasteiger partial charge in [-0.25, -0.2) is 4.98 Å². The standard InChI is InChI=1S/C19H19N3O2S/c1-3-24-17-10-6-4-8-14(17)12-20-22-19-21-16(13-25-19)15-9-5-7-11-18(15)23-2/h4-13H,3H2,1-2H3,(H,21,22)/b20-12-. The predicted molar refractivity (Wildman–Crippen MR) is 103 cm³/mol. The van der Waals surface area contributed by atoms with Crippen molar-refractivity contribution in [1.82, 2.24) is 4.98 Å². The van der Waals surface area contributed by atoms with Crippen molar-refractivity contribution in [1.29, 1.82) is 0 Å². The van der Waals surface area contributed by atoms with Crippen LogP contribution in [0.25, 0.3) is 11.3 Å². The third-order valence-corrected chi connectivity index (χ3v) is 4.22. The van der Waals surface area contributed by atoms with E-state index in [1.165, 1.54) is 11.3 Å². The fourth-order valence-electron chi connectivity index (χ4n) is 2.34. The molecule has 25 heavy (non-hydrogen) atoms. The number of ether oxygens (including phenoxy) is 2. The lowest BCUT2D eigenvalue weighted by Crippen LogP contribution is -1.97. The molecule has 0 aliphatic heterocycles. The molecule has 1 aromatic heterocycles. The highest BCUT2D eigenvalue weighted by Gasteiger charge is 2.09. The third-order valence-electron chi connectivity index (χ3n) is 3.47. The molecule has 3 rings (SSSR count). The Morgan fingerprint density at radius 2 is 1.88 bits per heavy atom. The molecular formula is C19H19N3O2S. The molecule has 0 aliphatic carbocycles. The van der Waals surface area contributed by atoms with E-state index in [4.69, 9.17) is 9.47 Å². The summed E-state index contributed by atoms with van der Waals surface area (Å²) in [7, 11) is 1.66. The van der Waals surface area contributed by atoms with Crippen LogP contribution in [0.3, 0.4) is 0 Å². The van der Waals surface area contributed by atoms with Gasteiger partial charge in [-0.1, -0.05) is 24.3 Å². The zero-order chi connectivity index (χ0) is 17.5. The fourth-order valence-corrected chi connectivity index (χ4v) is 3.00. The summed E-state index contributed by atoms with van der Waals surface area (Å²) in [5.74, 6) is 1.61. The van der Waals surface area contributed by atoms with Crippen LogP contribution in [-0.4, -0.2) is 24.9 Å². The Morgan fingerprint density at radius 1 is 1.12 bits per heavy atom. The second-order valence-electron chi connectivity index (χ2n) is 5.08. The molecule has 0 fully saturated rings. The number of methoxy groups -OCH3 is 1. The predicted octanol–water partition coefficient (Wildman–Crippen LogP) is 4.66. The minimum Gasteiger partial charge on any atom is -0.496 e. The van der Waals surface area contributed by atoms with Gasteiger partial charge in [0.1, 0.15) is 11.5 Å². The van der Waals surface area contributed by atoms with Crippen molar-refractivity contribution in [2.45, 2.75) is 6.92 Å². The maximum Gasteiger partial charge on any atom is 0.203 e. The van der Waals surface area contributed by atoms with Gasteiger partial charge in [0.25, 0.3) is 0 Å². The fraction of sp³-hybridized carbons (Fsp3) is 0.158. The summed E-state index contributed by atoms with van der Waals surface area (Å²) in [6, 6.07) is 15.6. The molecule has 5 nitrogen and oxygen atoms in total. The summed E-state index contributed by atoms with van der Waals surface area (Å²) in [5, 5.41) is 6.96. The Balaban J connectivity index is 1.72. The number of aromatic nitrogens is 1. The summed E-state index contributed by atoms with van der Waals surface area (Å²) < 4.78 is 11.0. The Hall–Kier alpha value is -2.86. The number of anilines is 1. The number of hydrogen-bond donors (Lipinski definition) is 1. The molecule has 0 saturated carbocycles. The second kappa shape index (κ2) is 8.30. The van der Waals surface area contributed by atoms with Crippen LogP contribution in [-0.2, 0) is 0 Å². The first-order valence-corrected chi connectivity index (χ1v) is 8.79. The Labute approximate surface area is 151 Å². The summed E-state index contributed by atoms with van der Waals surface area (Å²) in [5.41, 5.74) is 5.70. The summed E-state index contributed by atoms with van der Waals surface area (Å²) >= 11 is 1.49. The first kappa shape index (κ1) is 17.0. The van der Waals surface area contributed by atoms with Crippen molar-refractivity contribution < 1.29 is 9.47 Å². The van der Waals surface area contributed by atoms with Crippen LogP contribution in [0.5, 0.6) is 11.5 Å². The van der Waals surface area contributed by atoms with Gasteiger partial charge >= 0.3 is 0 Å². The Morgan fingerprint density at radius 3 is 2.68 bits per heavy atom. The molecule has 0 saturated heterocycles. The van der Waals surface area contributed by atoms with Crippen molar-refractivity contribution in [3.8, 4) is 22.8 Å². The van der Waals surface area contributed by atoms with Crippen LogP contribution >= 0.6 is 11.3 Å². The summed E-state index contributed by atoms with van der Waals surface area (Å²) in [6.07, 6.45) is 1.73. The largest absolute Gasteiger partial charge is 0.496 e. The molecule has 0 unspecified atom stereocenters. The van der Waals surface area contributed by atoms with E-state index in [-0.39, 0.29) is 0 Å². The molecule has 0 aliphatic rings. The number of para-hydroxylation sites is 2. The smallest absolute Gasteiger partial charge is 0.203 e. The van der Waals surface area contributed by atoms with E-state index in [9.17, 15) is 0 Å². The average molecular weight is 353 g/mol. The van der Waals surface area contributed by atoms with Crippen molar-refractivity contribution in [2.24, 2.45) is 5.10 Å². The van der Waals surface area contributed by atoms with Crippen LogP contribution in [0.4, 0.5) is 5.13 Å². The van der Waals surface area contributed by atoms with Gasteiger partial charge < -0.3 is 9.47 Å². The van der Waals surface area contributed by atoms with Crippen molar-refractivity contribution in [3.05, 3.63) is 59.5 Å². The first-order valence-electron chi connectivity index (χ1n) is 7.91. The highest BCUT2D eigenvalue weighted by atomic mass is 32.1. The summed E-state index contributed by atoms with van der Waals surface area (Å²) in [4.78, 5) is 4.56. The number of hydrazone groups is 1. The molecule has 1 heterocycles. The average Bonchev–Trinajstić information content (AvgIpc) is 3.12. The monoisotopic (exact) mass is 353 g/mol. The normalized spacial score (nSPS) is 10.8. The van der Waals surface area contributed by atoms with E-state index >= 15 is 0 Å². The molecule has 128 valence electrons. The minimum atomic E-state index is 0.618. The molecule has 0 spiro atoms. The molecule has 0 amide bonds. The number of nitrogens with zero attached hydrogens (tertiary/aromatic N) is 2. The van der Waals surface area contributed by atoms with E-state index in [0.29, 0.717) is 11.7 Å². The van der Waals surface area contributed by atoms with E-state index in [1.807, 2.05) is 60.8 Å². The summed E-state index contributed by atoms with van der Waals surface area (Å²) in [6.45, 7) is 2.58. The van der Waals surface area contributed by atoms with Crippen LogP contribution in [0.15, 0.2) is 59.0 Å². The highest BCUT2D eigenvalue weighted by molar-refractivity contribution is 7.14. The lowest BCUT2D eigenvalue weighted by Gasteiger charge is -2.05. The quantitative estimate of drug-likeness (QED) is 0.496. The second-order valence-corrected chi connectivity index (χ2v) is 5.94. The third kappa shape index (κ3) is 4.16. The van der Waals surface area contributed by atoms with Crippen molar-refractivity contribution in [3.63, 3.8) is 0 Å². The zero-order valence-corrected chi connectivity index (χ0v) is 14.9. The Kier molecular flexibility index (Phi) is 5.64. The first-order chi connectivity index (χ1) is 12.3. The zero-order valence-electron chi connectivity index (χ0n) is 14.1. The Bertz CT molecular complexity index is 861. The SMILES string of the molecule is CCOc1ccccc1/C=N\Nc1nc(-c2ccccc2OC)cs1. The van der Waals surface area contributed by atoms with E-state index in [0.717, 1.165) is 28.3 Å². The van der Waals surface area contributed by atoms with Crippen molar-refractivity contribution in [2.75, 3.05) is 19.1 Å². The van der Waals surface area contributed by atoms with E-state index < -0.39 is 0 Å². The molecule has 0 bridgehead atoms. The number of hydrogen-bond acceptors (Lipinski definition) is 6. The maximum absolute atomic E-state index is 5.58. The molecule has 0 radical (unpaired) electrons. The van der Waals surface area contributed by atoms with Gasteiger partial charge in [0.05, 0.1) is 25.6 Å². The van der Waals surface area contributed by atoms with Gasteiger partial charge in [-0.3, -0.25) is 5.43 Å². The van der Waals surface area contributed by atoms with Crippen LogP contribution < -0.4 is 14.9 Å². The lowest BCUT2D eigenvalue weighted by atomic mass is 10.1. The number of thiazole rings is 1. The number of rotatable bonds is 7. The van der Waals surface area contributed by atoms with Crippen LogP contribution in [0.1, 0.15) is 12.5 Å². The lowest BCUT2D eigenvalue weighted by molar-refractivity contribution is 0.340. The molecule has 6 heteroatoms. The molecular weight excluding hydrogens is 334 g/mol. The minimum absolute atomic E-state index is 0.618. The maximum atomic E-state index is 5.58. The molecule has 0 atom stereocenters. The van der Waals surface area contributed by atoms with Crippen molar-refractivity contribution >= 4 is 22.7 Å². The van der Waals surface area contributed by atoms with Gasteiger partial charge in [-0.05, 0) is 31.2 Å². The van der Waals surface area contributed by atoms with Gasteiger partial charge in [0.2, 0.25) is 5.13 Å². The van der Waals surface area contributed by atoms with Crippen LogP contribution in [0, 0.1) is 0 Å². The van der Waals surface area contributed by atoms with Gasteiger partial charge in [0, 0.05) is 16.5 Å². The topological polar surface area (TPSA) is 55.7 Å². The highest BCUT2D eigenvalue weighted by Crippen LogP contribution is 2.31. The number of benzene rings is 2. The van der Waals surface area contributed by atoms with Gasteiger partial charge in [0.15, 0.2) is 0 Å². The van der Waals surface area contributed by atoms with E-state index in [1.54, 1.807) is 13.3 Å². The van der Waals surface area contributed by atoms with Gasteiger partial charge in [-0.2, -0.15) is 5.10 Å². The van der Waals surface area contributed by atoms with Gasteiger partial charge in [-0.15, -0.1) is 11.3 Å². The number of nitrogens with one attached hydrogen (secondary N) is 1. The van der Waals surface area contributed by atoms with Crippen LogP contribution in [0.2, 0.25) is 0 Å². The van der Waals surface area contributed by atoms with E-state index in [2.05, 4.69) is 15.5 Å². The molecule has 2 aromatic carbocycles.